The molecule has 0 radical (unpaired) electrons. The molecule has 0 aliphatic heterocycles. The Hall–Kier alpha value is -2.12. The van der Waals surface area contributed by atoms with Crippen LogP contribution in [0.4, 0.5) is 13.2 Å². The van der Waals surface area contributed by atoms with E-state index in [-0.39, 0.29) is 10.9 Å². The molecule has 2 rings (SSSR count). The largest absolute Gasteiger partial charge is 0.573 e. The first kappa shape index (κ1) is 11.4. The van der Waals surface area contributed by atoms with Crippen molar-refractivity contribution < 1.29 is 17.9 Å². The van der Waals surface area contributed by atoms with Crippen LogP contribution in [0.3, 0.4) is 0 Å². The van der Waals surface area contributed by atoms with Crippen molar-refractivity contribution in [2.24, 2.45) is 7.05 Å². The molecule has 0 spiro atoms. The number of rotatable bonds is 1. The van der Waals surface area contributed by atoms with Crippen LogP contribution in [0.1, 0.15) is 0 Å². The second-order valence-electron chi connectivity index (χ2n) is 3.24. The van der Waals surface area contributed by atoms with E-state index in [4.69, 9.17) is 0 Å². The van der Waals surface area contributed by atoms with Crippen molar-refractivity contribution in [2.75, 3.05) is 0 Å². The van der Waals surface area contributed by atoms with Gasteiger partial charge in [-0.2, -0.15) is 0 Å². The second-order valence-corrected chi connectivity index (χ2v) is 3.24. The van der Waals surface area contributed by atoms with Gasteiger partial charge in [0.1, 0.15) is 11.3 Å². The summed E-state index contributed by atoms with van der Waals surface area (Å²) >= 11 is 0. The molecule has 1 aromatic carbocycles. The van der Waals surface area contributed by atoms with Gasteiger partial charge in [-0.05, 0) is 12.1 Å². The summed E-state index contributed by atoms with van der Waals surface area (Å²) in [6.07, 6.45) is -4.78. The Bertz CT molecular complexity index is 621. The Kier molecular flexibility index (Phi) is 2.49. The maximum Gasteiger partial charge on any atom is 0.573 e. The zero-order chi connectivity index (χ0) is 12.6. The van der Waals surface area contributed by atoms with Crippen molar-refractivity contribution in [1.29, 1.82) is 0 Å². The predicted octanol–water partition coefficient (Wildman–Crippen LogP) is 1.23. The number of ether oxygens (including phenoxy) is 1. The van der Waals surface area contributed by atoms with Crippen molar-refractivity contribution in [3.63, 3.8) is 0 Å². The fourth-order valence-electron chi connectivity index (χ4n) is 1.30. The van der Waals surface area contributed by atoms with Crippen LogP contribution in [-0.4, -0.2) is 21.4 Å². The Morgan fingerprint density at radius 2 is 2.06 bits per heavy atom. The van der Waals surface area contributed by atoms with E-state index >= 15 is 0 Å². The Morgan fingerprint density at radius 3 is 2.71 bits per heavy atom. The summed E-state index contributed by atoms with van der Waals surface area (Å²) in [6.45, 7) is 0. The molecular formula is C9H6F3N3O2. The molecule has 2 aromatic rings. The molecule has 0 aliphatic rings. The maximum atomic E-state index is 12.0. The van der Waals surface area contributed by atoms with Gasteiger partial charge in [0, 0.05) is 13.1 Å². The van der Waals surface area contributed by atoms with Crippen molar-refractivity contribution in [1.82, 2.24) is 15.0 Å². The number of nitrogens with zero attached hydrogens (tertiary/aromatic N) is 3. The van der Waals surface area contributed by atoms with E-state index in [1.165, 1.54) is 13.1 Å². The van der Waals surface area contributed by atoms with Crippen LogP contribution in [0.5, 0.6) is 5.75 Å². The zero-order valence-electron chi connectivity index (χ0n) is 8.52. The lowest BCUT2D eigenvalue weighted by atomic mass is 10.2. The summed E-state index contributed by atoms with van der Waals surface area (Å²) in [6, 6.07) is 3.28. The lowest BCUT2D eigenvalue weighted by Gasteiger charge is -2.08. The molecule has 0 fully saturated rings. The number of hydrogen-bond donors (Lipinski definition) is 0. The molecule has 0 atom stereocenters. The third kappa shape index (κ3) is 2.35. The summed E-state index contributed by atoms with van der Waals surface area (Å²) in [4.78, 5) is 11.5. The monoisotopic (exact) mass is 245 g/mol. The Morgan fingerprint density at radius 1 is 1.35 bits per heavy atom. The minimum atomic E-state index is -4.78. The van der Waals surface area contributed by atoms with Gasteiger partial charge in [-0.15, -0.1) is 18.3 Å². The molecule has 1 heterocycles. The molecule has 1 aromatic heterocycles. The van der Waals surface area contributed by atoms with Gasteiger partial charge in [0.15, 0.2) is 0 Å². The second kappa shape index (κ2) is 3.72. The molecule has 0 N–H and O–H groups in total. The summed E-state index contributed by atoms with van der Waals surface area (Å²) in [5, 5.41) is 7.24. The zero-order valence-corrected chi connectivity index (χ0v) is 8.52. The van der Waals surface area contributed by atoms with Crippen molar-refractivity contribution >= 4 is 10.9 Å². The quantitative estimate of drug-likeness (QED) is 0.758. The van der Waals surface area contributed by atoms with Crippen LogP contribution in [-0.2, 0) is 7.05 Å². The fourth-order valence-corrected chi connectivity index (χ4v) is 1.30. The predicted molar refractivity (Wildman–Crippen MR) is 51.5 cm³/mol. The normalized spacial score (nSPS) is 11.8. The molecule has 0 unspecified atom stereocenters. The highest BCUT2D eigenvalue weighted by Gasteiger charge is 2.31. The van der Waals surface area contributed by atoms with Gasteiger partial charge in [-0.25, -0.2) is 4.68 Å². The summed E-state index contributed by atoms with van der Waals surface area (Å²) in [7, 11) is 1.40. The number of aromatic nitrogens is 3. The van der Waals surface area contributed by atoms with Gasteiger partial charge in [0.05, 0.1) is 5.39 Å². The number of alkyl halides is 3. The molecule has 0 saturated carbocycles. The standard InChI is InChI=1S/C9H6F3N3O2/c1-15-8(16)6-3-2-5(17-9(10,11)12)4-7(6)13-14-15/h2-4H,1H3. The fraction of sp³-hybridized carbons (Fsp3) is 0.222. The summed E-state index contributed by atoms with van der Waals surface area (Å²) in [5.74, 6) is -0.437. The van der Waals surface area contributed by atoms with Gasteiger partial charge in [-0.3, -0.25) is 4.79 Å². The number of aryl methyl sites for hydroxylation is 1. The molecule has 0 saturated heterocycles. The first-order valence-corrected chi connectivity index (χ1v) is 4.46. The molecule has 5 nitrogen and oxygen atoms in total. The number of halogens is 3. The summed E-state index contributed by atoms with van der Waals surface area (Å²) < 4.78 is 40.6. The molecule has 0 bridgehead atoms. The van der Waals surface area contributed by atoms with Gasteiger partial charge in [0.25, 0.3) is 5.56 Å². The SMILES string of the molecule is Cn1nnc2cc(OC(F)(F)F)ccc2c1=O. The molecule has 0 amide bonds. The van der Waals surface area contributed by atoms with E-state index in [9.17, 15) is 18.0 Å². The van der Waals surface area contributed by atoms with E-state index in [1.54, 1.807) is 0 Å². The van der Waals surface area contributed by atoms with E-state index < -0.39 is 17.7 Å². The first-order valence-electron chi connectivity index (χ1n) is 4.46. The average molecular weight is 245 g/mol. The minimum absolute atomic E-state index is 0.0508. The van der Waals surface area contributed by atoms with Gasteiger partial charge >= 0.3 is 6.36 Å². The molecule has 17 heavy (non-hydrogen) atoms. The van der Waals surface area contributed by atoms with Gasteiger partial charge in [0.2, 0.25) is 0 Å². The third-order valence-electron chi connectivity index (χ3n) is 2.01. The highest BCUT2D eigenvalue weighted by molar-refractivity contribution is 5.78. The lowest BCUT2D eigenvalue weighted by molar-refractivity contribution is -0.274. The maximum absolute atomic E-state index is 12.0. The van der Waals surface area contributed by atoms with Crippen molar-refractivity contribution in [3.05, 3.63) is 28.6 Å². The van der Waals surface area contributed by atoms with E-state index in [2.05, 4.69) is 15.0 Å². The van der Waals surface area contributed by atoms with Crippen molar-refractivity contribution in [3.8, 4) is 5.75 Å². The number of hydrogen-bond acceptors (Lipinski definition) is 4. The van der Waals surface area contributed by atoms with Crippen LogP contribution in [0.25, 0.3) is 10.9 Å². The first-order chi connectivity index (χ1) is 7.87. The van der Waals surface area contributed by atoms with Crippen LogP contribution in [0.15, 0.2) is 23.0 Å². The van der Waals surface area contributed by atoms with E-state index in [0.29, 0.717) is 0 Å². The Balaban J connectivity index is 2.53. The number of benzene rings is 1. The van der Waals surface area contributed by atoms with E-state index in [0.717, 1.165) is 16.8 Å². The van der Waals surface area contributed by atoms with Crippen LogP contribution < -0.4 is 10.3 Å². The van der Waals surface area contributed by atoms with Gasteiger partial charge in [-0.1, -0.05) is 5.21 Å². The third-order valence-corrected chi connectivity index (χ3v) is 2.01. The topological polar surface area (TPSA) is 57.0 Å². The lowest BCUT2D eigenvalue weighted by Crippen LogP contribution is -2.21. The molecule has 90 valence electrons. The smallest absolute Gasteiger partial charge is 0.406 e. The van der Waals surface area contributed by atoms with E-state index in [1.807, 2.05) is 0 Å². The van der Waals surface area contributed by atoms with Gasteiger partial charge < -0.3 is 4.74 Å². The Labute approximate surface area is 92.4 Å². The highest BCUT2D eigenvalue weighted by atomic mass is 19.4. The number of fused-ring (bicyclic) bond motifs is 1. The van der Waals surface area contributed by atoms with Crippen LogP contribution in [0.2, 0.25) is 0 Å². The van der Waals surface area contributed by atoms with Crippen LogP contribution in [0, 0.1) is 0 Å². The summed E-state index contributed by atoms with van der Waals surface area (Å²) in [5.41, 5.74) is -0.386. The molecular weight excluding hydrogens is 239 g/mol. The van der Waals surface area contributed by atoms with Crippen LogP contribution >= 0.6 is 0 Å². The highest BCUT2D eigenvalue weighted by Crippen LogP contribution is 2.24. The molecule has 0 aliphatic carbocycles. The van der Waals surface area contributed by atoms with Crippen molar-refractivity contribution in [2.45, 2.75) is 6.36 Å². The average Bonchev–Trinajstić information content (AvgIpc) is 2.21. The minimum Gasteiger partial charge on any atom is -0.406 e. The molecule has 8 heteroatoms.